The number of phenols is 1. The van der Waals surface area contributed by atoms with Gasteiger partial charge in [0.2, 0.25) is 41.4 Å². The van der Waals surface area contributed by atoms with Crippen LogP contribution in [-0.4, -0.2) is 197 Å². The summed E-state index contributed by atoms with van der Waals surface area (Å²) in [5, 5.41) is 61.0. The number of amides is 7. The lowest BCUT2D eigenvalue weighted by molar-refractivity contribution is -0.149. The molecule has 0 aromatic heterocycles. The van der Waals surface area contributed by atoms with E-state index in [1.54, 1.807) is 0 Å². The molecule has 0 saturated carbocycles. The van der Waals surface area contributed by atoms with Crippen LogP contribution in [0.2, 0.25) is 0 Å². The summed E-state index contributed by atoms with van der Waals surface area (Å²) in [6, 6.07) is -5.99. The molecule has 3 aliphatic heterocycles. The van der Waals surface area contributed by atoms with Crippen molar-refractivity contribution in [3.8, 4) is 5.75 Å². The number of aliphatic hydroxyl groups excluding tert-OH is 3. The molecule has 27 heteroatoms. The van der Waals surface area contributed by atoms with Crippen LogP contribution in [0.25, 0.3) is 0 Å². The number of phosphoric acid groups is 1. The fourth-order valence-electron chi connectivity index (χ4n) is 8.25. The molecule has 67 heavy (non-hydrogen) atoms. The zero-order valence-corrected chi connectivity index (χ0v) is 37.9. The standard InChI is InChI=1S/C40H62N9O17P/c1-20(42)33(54)43-26(6-3-4-12-41)37(58)47-13-5-7-29(47)35(56)45-28(19-50)34(55)44-27(14-22-8-10-23(51)11-9-22)38(59)49-18-25(53)16-31(49)39(60)48-17-24(52)15-30(48)36(57)46-32(40(61)62)21(2)66-67(63,64)65/h8-11,20-21,24-32,50-53H,3-7,12-19,41-42H2,1-2H3,(H,43,54)(H,44,55)(H,45,56)(H,46,57)(H,61,62)(H2,63,64,65)/t20-,21+,24+,25+,26-,27-,28-,29-,30-,31-,32-/m0/s1. The minimum absolute atomic E-state index is 0.130. The largest absolute Gasteiger partial charge is 0.508 e. The summed E-state index contributed by atoms with van der Waals surface area (Å²) in [5.74, 6) is -7.97. The molecule has 3 saturated heterocycles. The highest BCUT2D eigenvalue weighted by atomic mass is 31.2. The Morgan fingerprint density at radius 3 is 1.96 bits per heavy atom. The molecule has 7 amide bonds. The molecule has 0 radical (unpaired) electrons. The van der Waals surface area contributed by atoms with Crippen molar-refractivity contribution in [3.63, 3.8) is 0 Å². The molecule has 0 spiro atoms. The van der Waals surface area contributed by atoms with Gasteiger partial charge in [-0.15, -0.1) is 0 Å². The number of likely N-dealkylation sites (tertiary alicyclic amines) is 3. The Bertz CT molecular complexity index is 2010. The van der Waals surface area contributed by atoms with Crippen LogP contribution in [0.5, 0.6) is 5.75 Å². The molecule has 374 valence electrons. The molecule has 15 N–H and O–H groups in total. The number of aliphatic carboxylic acids is 1. The van der Waals surface area contributed by atoms with Crippen molar-refractivity contribution >= 4 is 55.1 Å². The molecule has 0 unspecified atom stereocenters. The zero-order chi connectivity index (χ0) is 49.9. The average Bonchev–Trinajstić information content (AvgIpc) is 4.01. The Labute approximate surface area is 384 Å². The van der Waals surface area contributed by atoms with Gasteiger partial charge in [0.1, 0.15) is 42.0 Å². The second-order valence-electron chi connectivity index (χ2n) is 16.9. The minimum atomic E-state index is -5.22. The van der Waals surface area contributed by atoms with Crippen LogP contribution in [0.1, 0.15) is 64.4 Å². The average molecular weight is 972 g/mol. The number of carbonyl (C=O) groups is 8. The summed E-state index contributed by atoms with van der Waals surface area (Å²) in [6.07, 6.45) is -3.71. The second kappa shape index (κ2) is 24.1. The number of unbranched alkanes of at least 4 members (excludes halogenated alkanes) is 1. The first-order valence-electron chi connectivity index (χ1n) is 21.8. The van der Waals surface area contributed by atoms with E-state index in [0.717, 1.165) is 16.7 Å². The van der Waals surface area contributed by atoms with Crippen molar-refractivity contribution in [2.45, 2.75) is 132 Å². The van der Waals surface area contributed by atoms with E-state index in [9.17, 15) is 78.2 Å². The summed E-state index contributed by atoms with van der Waals surface area (Å²) >= 11 is 0. The maximum atomic E-state index is 14.5. The number of hydrogen-bond donors (Lipinski definition) is 13. The van der Waals surface area contributed by atoms with Crippen LogP contribution < -0.4 is 32.7 Å². The van der Waals surface area contributed by atoms with Crippen molar-refractivity contribution in [3.05, 3.63) is 29.8 Å². The third-order valence-corrected chi connectivity index (χ3v) is 12.3. The molecule has 0 aliphatic carbocycles. The summed E-state index contributed by atoms with van der Waals surface area (Å²) in [5.41, 5.74) is 11.7. The Morgan fingerprint density at radius 2 is 1.37 bits per heavy atom. The topological polar surface area (TPSA) is 414 Å². The molecule has 3 fully saturated rings. The third kappa shape index (κ3) is 14.8. The predicted octanol–water partition coefficient (Wildman–Crippen LogP) is -5.16. The first-order chi connectivity index (χ1) is 31.5. The Morgan fingerprint density at radius 1 is 0.791 bits per heavy atom. The zero-order valence-electron chi connectivity index (χ0n) is 37.0. The SMILES string of the molecule is C[C@H](N)C(=O)N[C@@H](CCCCN)C(=O)N1CCC[C@H]1C(=O)N[C@@H](CO)C(=O)N[C@@H](Cc1ccc(O)cc1)C(=O)N1C[C@H](O)C[C@H]1C(=O)N1C[C@H](O)C[C@H]1C(=O)N[C@H](C(=O)O)[C@@H](C)OP(=O)(O)O. The van der Waals surface area contributed by atoms with Gasteiger partial charge in [0.05, 0.1) is 31.0 Å². The molecule has 26 nitrogen and oxygen atoms in total. The van der Waals surface area contributed by atoms with Crippen LogP contribution in [-0.2, 0) is 53.9 Å². The van der Waals surface area contributed by atoms with Gasteiger partial charge >= 0.3 is 13.8 Å². The van der Waals surface area contributed by atoms with Gasteiger partial charge in [0.15, 0.2) is 6.04 Å². The molecule has 11 atom stereocenters. The van der Waals surface area contributed by atoms with Gasteiger partial charge in [-0.1, -0.05) is 12.1 Å². The third-order valence-electron chi connectivity index (χ3n) is 11.7. The van der Waals surface area contributed by atoms with E-state index in [1.807, 2.05) is 0 Å². The van der Waals surface area contributed by atoms with Crippen LogP contribution in [0.15, 0.2) is 24.3 Å². The van der Waals surface area contributed by atoms with Gasteiger partial charge in [-0.2, -0.15) is 0 Å². The molecule has 3 heterocycles. The summed E-state index contributed by atoms with van der Waals surface area (Å²) in [4.78, 5) is 130. The number of hydrogen-bond acceptors (Lipinski definition) is 16. The minimum Gasteiger partial charge on any atom is -0.508 e. The van der Waals surface area contributed by atoms with Crippen LogP contribution in [0.4, 0.5) is 0 Å². The van der Waals surface area contributed by atoms with Crippen molar-refractivity contribution in [2.75, 3.05) is 32.8 Å². The number of benzene rings is 1. The number of carbonyl (C=O) groups excluding carboxylic acids is 7. The predicted molar refractivity (Wildman–Crippen MR) is 230 cm³/mol. The van der Waals surface area contributed by atoms with Crippen molar-refractivity contribution in [1.82, 2.24) is 36.0 Å². The number of nitrogens with one attached hydrogen (secondary N) is 4. The number of nitrogens with zero attached hydrogens (tertiary/aromatic N) is 3. The second-order valence-corrected chi connectivity index (χ2v) is 18.1. The van der Waals surface area contributed by atoms with E-state index in [4.69, 9.17) is 11.5 Å². The van der Waals surface area contributed by atoms with Gasteiger partial charge in [-0.05, 0) is 70.2 Å². The lowest BCUT2D eigenvalue weighted by Crippen LogP contribution is -2.60. The Balaban J connectivity index is 1.55. The maximum Gasteiger partial charge on any atom is 0.469 e. The number of β-amino-alcohol motifs (C(OH)–C–C–N with tert-alkyl or cyclic N) is 2. The van der Waals surface area contributed by atoms with Gasteiger partial charge in [-0.25, -0.2) is 9.36 Å². The van der Waals surface area contributed by atoms with E-state index in [-0.39, 0.29) is 38.0 Å². The van der Waals surface area contributed by atoms with Gasteiger partial charge < -0.3 is 82.8 Å². The number of carboxylic acids is 1. The van der Waals surface area contributed by atoms with Crippen LogP contribution in [0, 0.1) is 0 Å². The Hall–Kier alpha value is -5.31. The molecule has 1 aromatic rings. The normalized spacial score (nSPS) is 23.4. The molecule has 0 bridgehead atoms. The highest BCUT2D eigenvalue weighted by Gasteiger charge is 2.49. The van der Waals surface area contributed by atoms with Gasteiger partial charge in [-0.3, -0.25) is 38.1 Å². The number of phenolic OH excluding ortho intramolecular Hbond substituents is 1. The van der Waals surface area contributed by atoms with Crippen molar-refractivity contribution < 1.29 is 82.8 Å². The van der Waals surface area contributed by atoms with E-state index >= 15 is 0 Å². The van der Waals surface area contributed by atoms with E-state index in [2.05, 4.69) is 25.8 Å². The van der Waals surface area contributed by atoms with Crippen molar-refractivity contribution in [1.29, 1.82) is 0 Å². The highest BCUT2D eigenvalue weighted by Crippen LogP contribution is 2.38. The number of rotatable bonds is 22. The first-order valence-corrected chi connectivity index (χ1v) is 23.3. The van der Waals surface area contributed by atoms with E-state index < -0.39 is 148 Å². The molecule has 1 aromatic carbocycles. The van der Waals surface area contributed by atoms with Crippen LogP contribution >= 0.6 is 7.82 Å². The number of nitrogens with two attached hydrogens (primary N) is 2. The lowest BCUT2D eigenvalue weighted by atomic mass is 10.0. The molecular formula is C40H62N9O17P. The van der Waals surface area contributed by atoms with E-state index in [1.165, 1.54) is 36.1 Å². The van der Waals surface area contributed by atoms with Gasteiger partial charge in [0.25, 0.3) is 0 Å². The first kappa shape index (κ1) is 54.3. The number of carboxylic acid groups (broad SMARTS) is 1. The van der Waals surface area contributed by atoms with E-state index in [0.29, 0.717) is 31.4 Å². The summed E-state index contributed by atoms with van der Waals surface area (Å²) in [7, 11) is -5.22. The van der Waals surface area contributed by atoms with Crippen LogP contribution in [0.3, 0.4) is 0 Å². The lowest BCUT2D eigenvalue weighted by Gasteiger charge is -2.33. The number of phosphoric ester groups is 1. The molecular weight excluding hydrogens is 909 g/mol. The number of aromatic hydroxyl groups is 1. The summed E-state index contributed by atoms with van der Waals surface area (Å²) in [6.45, 7) is 0.964. The number of aliphatic hydroxyl groups is 3. The smallest absolute Gasteiger partial charge is 0.469 e. The summed E-state index contributed by atoms with van der Waals surface area (Å²) < 4.78 is 15.8. The fourth-order valence-corrected chi connectivity index (χ4v) is 8.81. The maximum absolute atomic E-state index is 14.5. The molecule has 3 aliphatic rings. The Kier molecular flexibility index (Phi) is 19.5. The van der Waals surface area contributed by atoms with Gasteiger partial charge in [0, 0.05) is 38.9 Å². The highest BCUT2D eigenvalue weighted by molar-refractivity contribution is 7.46. The quantitative estimate of drug-likeness (QED) is 0.0382. The fraction of sp³-hybridized carbons (Fsp3) is 0.650. The molecule has 4 rings (SSSR count). The van der Waals surface area contributed by atoms with Crippen molar-refractivity contribution in [2.24, 2.45) is 11.5 Å². The monoisotopic (exact) mass is 971 g/mol.